The van der Waals surface area contributed by atoms with Crippen LogP contribution < -0.4 is 5.32 Å². The number of benzene rings is 1. The number of nitrogens with one attached hydrogen (secondary N) is 1. The second-order valence-electron chi connectivity index (χ2n) is 6.81. The van der Waals surface area contributed by atoms with Gasteiger partial charge in [0.25, 0.3) is 0 Å². The van der Waals surface area contributed by atoms with Crippen LogP contribution in [0.3, 0.4) is 0 Å². The largest absolute Gasteiger partial charge is 0.467 e. The third-order valence-electron chi connectivity index (χ3n) is 4.74. The second-order valence-corrected chi connectivity index (χ2v) is 6.81. The summed E-state index contributed by atoms with van der Waals surface area (Å²) >= 11 is 0. The quantitative estimate of drug-likeness (QED) is 0.571. The Labute approximate surface area is 155 Å². The van der Waals surface area contributed by atoms with E-state index in [4.69, 9.17) is 14.4 Å². The molecule has 7 heteroatoms. The molecule has 27 heavy (non-hydrogen) atoms. The molecule has 1 aliphatic carbocycles. The normalized spacial score (nSPS) is 14.0. The Morgan fingerprint density at radius 1 is 1.19 bits per heavy atom. The highest BCUT2D eigenvalue weighted by molar-refractivity contribution is 5.90. The molecule has 0 radical (unpaired) electrons. The van der Waals surface area contributed by atoms with Crippen LogP contribution in [-0.2, 0) is 6.54 Å². The van der Waals surface area contributed by atoms with Crippen molar-refractivity contribution in [2.75, 3.05) is 5.32 Å². The first-order chi connectivity index (χ1) is 13.2. The third kappa shape index (κ3) is 2.95. The number of furan rings is 1. The highest BCUT2D eigenvalue weighted by atomic mass is 19.1. The number of hydrogen-bond acceptors (Lipinski definition) is 5. The predicted octanol–water partition coefficient (Wildman–Crippen LogP) is 4.35. The number of aromatic nitrogens is 4. The van der Waals surface area contributed by atoms with E-state index in [2.05, 4.69) is 10.4 Å². The molecule has 6 nitrogen and oxygen atoms in total. The smallest absolute Gasteiger partial charge is 0.168 e. The van der Waals surface area contributed by atoms with Crippen LogP contribution in [0.15, 0.2) is 47.1 Å². The van der Waals surface area contributed by atoms with Gasteiger partial charge < -0.3 is 9.73 Å². The summed E-state index contributed by atoms with van der Waals surface area (Å²) in [7, 11) is 0. The molecule has 0 unspecified atom stereocenters. The van der Waals surface area contributed by atoms with Gasteiger partial charge in [0.1, 0.15) is 23.2 Å². The fourth-order valence-electron chi connectivity index (χ4n) is 3.20. The molecule has 4 aromatic rings. The maximum Gasteiger partial charge on any atom is 0.168 e. The van der Waals surface area contributed by atoms with Crippen LogP contribution in [0.5, 0.6) is 0 Å². The molecule has 1 N–H and O–H groups in total. The molecule has 0 saturated heterocycles. The van der Waals surface area contributed by atoms with E-state index in [1.165, 1.54) is 12.1 Å². The van der Waals surface area contributed by atoms with E-state index in [1.54, 1.807) is 23.1 Å². The van der Waals surface area contributed by atoms with Gasteiger partial charge in [-0.15, -0.1) is 0 Å². The van der Waals surface area contributed by atoms with Gasteiger partial charge in [0.15, 0.2) is 5.65 Å². The first-order valence-electron chi connectivity index (χ1n) is 8.98. The van der Waals surface area contributed by atoms with E-state index in [0.29, 0.717) is 12.5 Å². The van der Waals surface area contributed by atoms with Crippen molar-refractivity contribution in [3.63, 3.8) is 0 Å². The van der Waals surface area contributed by atoms with Gasteiger partial charge in [0, 0.05) is 5.92 Å². The Hall–Kier alpha value is -3.22. The van der Waals surface area contributed by atoms with Gasteiger partial charge >= 0.3 is 0 Å². The predicted molar refractivity (Wildman–Crippen MR) is 99.4 cm³/mol. The Kier molecular flexibility index (Phi) is 3.67. The van der Waals surface area contributed by atoms with Gasteiger partial charge in [0.2, 0.25) is 0 Å². The molecule has 0 aliphatic heterocycles. The van der Waals surface area contributed by atoms with Crippen molar-refractivity contribution < 1.29 is 8.81 Å². The molecule has 0 bridgehead atoms. The van der Waals surface area contributed by atoms with Crippen LogP contribution in [0.25, 0.3) is 16.7 Å². The van der Waals surface area contributed by atoms with Crippen molar-refractivity contribution in [3.05, 3.63) is 65.8 Å². The van der Waals surface area contributed by atoms with Crippen molar-refractivity contribution in [2.45, 2.75) is 32.2 Å². The SMILES string of the molecule is Cc1nn(-c2ccc(F)cc2)c2nc(C3CC3)nc(NCc3ccco3)c12. The molecule has 1 saturated carbocycles. The maximum absolute atomic E-state index is 13.3. The fraction of sp³-hybridized carbons (Fsp3) is 0.250. The van der Waals surface area contributed by atoms with Crippen molar-refractivity contribution >= 4 is 16.9 Å². The Morgan fingerprint density at radius 2 is 2.00 bits per heavy atom. The zero-order chi connectivity index (χ0) is 18.4. The third-order valence-corrected chi connectivity index (χ3v) is 4.74. The van der Waals surface area contributed by atoms with E-state index in [1.807, 2.05) is 19.1 Å². The number of anilines is 1. The first-order valence-corrected chi connectivity index (χ1v) is 8.98. The van der Waals surface area contributed by atoms with Crippen LogP contribution in [0.4, 0.5) is 10.2 Å². The lowest BCUT2D eigenvalue weighted by molar-refractivity contribution is 0.518. The lowest BCUT2D eigenvalue weighted by atomic mass is 10.2. The summed E-state index contributed by atoms with van der Waals surface area (Å²) in [4.78, 5) is 9.56. The van der Waals surface area contributed by atoms with Crippen molar-refractivity contribution in [1.82, 2.24) is 19.7 Å². The number of halogens is 1. The van der Waals surface area contributed by atoms with Crippen LogP contribution in [0, 0.1) is 12.7 Å². The van der Waals surface area contributed by atoms with Crippen molar-refractivity contribution in [2.24, 2.45) is 0 Å². The molecule has 0 amide bonds. The maximum atomic E-state index is 13.3. The van der Waals surface area contributed by atoms with Gasteiger partial charge in [-0.05, 0) is 56.2 Å². The lowest BCUT2D eigenvalue weighted by Gasteiger charge is -2.09. The first kappa shape index (κ1) is 16.0. The topological polar surface area (TPSA) is 68.8 Å². The zero-order valence-electron chi connectivity index (χ0n) is 14.8. The average Bonchev–Trinajstić information content (AvgIpc) is 3.30. The minimum atomic E-state index is -0.277. The number of aryl methyl sites for hydroxylation is 1. The molecule has 3 aromatic heterocycles. The molecule has 1 aliphatic rings. The Bertz CT molecular complexity index is 1100. The molecule has 5 rings (SSSR count). The van der Waals surface area contributed by atoms with Crippen LogP contribution >= 0.6 is 0 Å². The summed E-state index contributed by atoms with van der Waals surface area (Å²) < 4.78 is 20.5. The summed E-state index contributed by atoms with van der Waals surface area (Å²) in [5, 5.41) is 8.88. The minimum Gasteiger partial charge on any atom is -0.467 e. The summed E-state index contributed by atoms with van der Waals surface area (Å²) in [6.07, 6.45) is 3.86. The molecular formula is C20H18FN5O. The number of nitrogens with zero attached hydrogens (tertiary/aromatic N) is 4. The van der Waals surface area contributed by atoms with Gasteiger partial charge in [-0.25, -0.2) is 19.0 Å². The van der Waals surface area contributed by atoms with Crippen LogP contribution in [-0.4, -0.2) is 19.7 Å². The lowest BCUT2D eigenvalue weighted by Crippen LogP contribution is -2.06. The van der Waals surface area contributed by atoms with E-state index >= 15 is 0 Å². The van der Waals surface area contributed by atoms with Gasteiger partial charge in [0.05, 0.1) is 29.6 Å². The monoisotopic (exact) mass is 363 g/mol. The molecular weight excluding hydrogens is 345 g/mol. The summed E-state index contributed by atoms with van der Waals surface area (Å²) in [6.45, 7) is 2.46. The molecule has 3 heterocycles. The average molecular weight is 363 g/mol. The van der Waals surface area contributed by atoms with Crippen molar-refractivity contribution in [3.8, 4) is 5.69 Å². The van der Waals surface area contributed by atoms with E-state index in [0.717, 1.165) is 52.7 Å². The van der Waals surface area contributed by atoms with E-state index in [-0.39, 0.29) is 5.82 Å². The summed E-state index contributed by atoms with van der Waals surface area (Å²) in [6, 6.07) is 10.0. The van der Waals surface area contributed by atoms with E-state index < -0.39 is 0 Å². The zero-order valence-corrected chi connectivity index (χ0v) is 14.8. The summed E-state index contributed by atoms with van der Waals surface area (Å²) in [5.74, 6) is 2.53. The molecule has 1 fully saturated rings. The molecule has 0 atom stereocenters. The van der Waals surface area contributed by atoms with Gasteiger partial charge in [-0.1, -0.05) is 0 Å². The molecule has 1 aromatic carbocycles. The van der Waals surface area contributed by atoms with Crippen LogP contribution in [0.2, 0.25) is 0 Å². The number of fused-ring (bicyclic) bond motifs is 1. The number of rotatable bonds is 5. The Morgan fingerprint density at radius 3 is 2.70 bits per heavy atom. The fourth-order valence-corrected chi connectivity index (χ4v) is 3.20. The molecule has 136 valence electrons. The molecule has 0 spiro atoms. The highest BCUT2D eigenvalue weighted by Crippen LogP contribution is 2.40. The van der Waals surface area contributed by atoms with Gasteiger partial charge in [-0.3, -0.25) is 0 Å². The summed E-state index contributed by atoms with van der Waals surface area (Å²) in [5.41, 5.74) is 2.32. The standard InChI is InChI=1S/C20H18FN5O/c1-12-17-19(22-11-16-3-2-10-27-16)23-18(13-4-5-13)24-20(17)26(25-12)15-8-6-14(21)7-9-15/h2-3,6-10,13H,4-5,11H2,1H3,(H,22,23,24). The van der Waals surface area contributed by atoms with Gasteiger partial charge in [-0.2, -0.15) is 5.10 Å². The highest BCUT2D eigenvalue weighted by Gasteiger charge is 2.29. The number of hydrogen-bond donors (Lipinski definition) is 1. The minimum absolute atomic E-state index is 0.277. The van der Waals surface area contributed by atoms with Crippen LogP contribution in [0.1, 0.15) is 36.0 Å². The second kappa shape index (κ2) is 6.19. The van der Waals surface area contributed by atoms with Crippen molar-refractivity contribution in [1.29, 1.82) is 0 Å². The Balaban J connectivity index is 1.64. The van der Waals surface area contributed by atoms with E-state index in [9.17, 15) is 4.39 Å².